The van der Waals surface area contributed by atoms with Crippen molar-refractivity contribution in [1.29, 1.82) is 0 Å². The smallest absolute Gasteiger partial charge is 0.261 e. The van der Waals surface area contributed by atoms with Crippen LogP contribution in [-0.4, -0.2) is 35.9 Å². The highest BCUT2D eigenvalue weighted by Crippen LogP contribution is 2.26. The van der Waals surface area contributed by atoms with Gasteiger partial charge in [0, 0.05) is 24.0 Å². The lowest BCUT2D eigenvalue weighted by Crippen LogP contribution is -2.52. The number of nitrogens with zero attached hydrogens (tertiary/aromatic N) is 1. The van der Waals surface area contributed by atoms with Crippen LogP contribution in [0, 0.1) is 20.8 Å². The second kappa shape index (κ2) is 14.0. The van der Waals surface area contributed by atoms with Crippen molar-refractivity contribution < 1.29 is 14.3 Å². The zero-order chi connectivity index (χ0) is 26.8. The summed E-state index contributed by atoms with van der Waals surface area (Å²) in [6.45, 7) is 8.85. The maximum Gasteiger partial charge on any atom is 0.261 e. The van der Waals surface area contributed by atoms with Gasteiger partial charge in [-0.15, -0.1) is 0 Å². The number of amides is 2. The number of rotatable bonds is 12. The van der Waals surface area contributed by atoms with Gasteiger partial charge in [0.25, 0.3) is 5.91 Å². The van der Waals surface area contributed by atoms with Gasteiger partial charge >= 0.3 is 0 Å². The number of aryl methyl sites for hydroxylation is 3. The Bertz CT molecular complexity index is 1170. The average molecular weight is 566 g/mol. The van der Waals surface area contributed by atoms with Gasteiger partial charge in [0.2, 0.25) is 5.91 Å². The molecule has 0 saturated carbocycles. The minimum absolute atomic E-state index is 0.144. The van der Waals surface area contributed by atoms with E-state index in [9.17, 15) is 9.59 Å². The molecular weight excluding hydrogens is 528 g/mol. The van der Waals surface area contributed by atoms with Crippen LogP contribution in [0.4, 0.5) is 0 Å². The third-order valence-electron chi connectivity index (χ3n) is 6.47. The predicted molar refractivity (Wildman–Crippen MR) is 153 cm³/mol. The third kappa shape index (κ3) is 8.19. The molecule has 1 N–H and O–H groups in total. The topological polar surface area (TPSA) is 58.6 Å². The van der Waals surface area contributed by atoms with Gasteiger partial charge in [-0.25, -0.2) is 0 Å². The molecule has 0 saturated heterocycles. The Hall–Kier alpha value is -3.12. The fraction of sp³-hybridized carbons (Fsp3) is 0.355. The standard InChI is InChI=1S/C31H37BrN2O3/c1-5-6-16-33-31(36)28(19-25-13-8-7-9-14-25)34(20-26-15-11-10-12-22(26)2)29(35)21-37-27-17-23(3)30(32)24(4)18-27/h7-15,17-18,28H,5-6,16,19-21H2,1-4H3,(H,33,36)/t28-/m0/s1. The molecule has 5 nitrogen and oxygen atoms in total. The van der Waals surface area contributed by atoms with Crippen molar-refractivity contribution in [2.45, 2.75) is 59.5 Å². The summed E-state index contributed by atoms with van der Waals surface area (Å²) in [7, 11) is 0. The Kier molecular flexibility index (Phi) is 10.8. The molecule has 3 aromatic rings. The Labute approximate surface area is 229 Å². The summed E-state index contributed by atoms with van der Waals surface area (Å²) in [5.41, 5.74) is 5.16. The van der Waals surface area contributed by atoms with Crippen LogP contribution >= 0.6 is 15.9 Å². The molecule has 0 heterocycles. The van der Waals surface area contributed by atoms with Crippen LogP contribution in [0.15, 0.2) is 71.2 Å². The fourth-order valence-electron chi connectivity index (χ4n) is 4.25. The minimum atomic E-state index is -0.664. The van der Waals surface area contributed by atoms with E-state index in [1.807, 2.05) is 87.5 Å². The van der Waals surface area contributed by atoms with Crippen LogP contribution in [0.25, 0.3) is 0 Å². The fourth-order valence-corrected chi connectivity index (χ4v) is 4.48. The van der Waals surface area contributed by atoms with E-state index in [2.05, 4.69) is 28.2 Å². The lowest BCUT2D eigenvalue weighted by molar-refractivity contribution is -0.142. The van der Waals surface area contributed by atoms with E-state index < -0.39 is 6.04 Å². The molecular formula is C31H37BrN2O3. The van der Waals surface area contributed by atoms with Crippen molar-refractivity contribution in [3.05, 3.63) is 99.0 Å². The number of carbonyl (C=O) groups excluding carboxylic acids is 2. The van der Waals surface area contributed by atoms with Crippen molar-refractivity contribution in [2.24, 2.45) is 0 Å². The second-order valence-electron chi connectivity index (χ2n) is 9.46. The molecule has 1 atom stereocenters. The Morgan fingerprint density at radius 3 is 2.24 bits per heavy atom. The van der Waals surface area contributed by atoms with E-state index >= 15 is 0 Å². The number of hydrogen-bond acceptors (Lipinski definition) is 3. The number of unbranched alkanes of at least 4 members (excludes halogenated alkanes) is 1. The predicted octanol–water partition coefficient (Wildman–Crippen LogP) is 6.31. The van der Waals surface area contributed by atoms with Gasteiger partial charge in [0.15, 0.2) is 6.61 Å². The van der Waals surface area contributed by atoms with Crippen LogP contribution in [0.5, 0.6) is 5.75 Å². The highest BCUT2D eigenvalue weighted by molar-refractivity contribution is 9.10. The van der Waals surface area contributed by atoms with Crippen LogP contribution in [0.1, 0.15) is 47.6 Å². The molecule has 3 rings (SSSR count). The summed E-state index contributed by atoms with van der Waals surface area (Å²) in [6, 6.07) is 21.0. The second-order valence-corrected chi connectivity index (χ2v) is 10.3. The molecule has 0 radical (unpaired) electrons. The first-order chi connectivity index (χ1) is 17.8. The van der Waals surface area contributed by atoms with Crippen molar-refractivity contribution in [2.75, 3.05) is 13.2 Å². The van der Waals surface area contributed by atoms with E-state index in [0.29, 0.717) is 25.3 Å². The SMILES string of the molecule is CCCCNC(=O)[C@H](Cc1ccccc1)N(Cc1ccccc1C)C(=O)COc1cc(C)c(Br)c(C)c1. The normalized spacial score (nSPS) is 11.6. The number of halogens is 1. The summed E-state index contributed by atoms with van der Waals surface area (Å²) in [5, 5.41) is 3.06. The number of ether oxygens (including phenoxy) is 1. The molecule has 0 aromatic heterocycles. The first-order valence-corrected chi connectivity index (χ1v) is 13.6. The third-order valence-corrected chi connectivity index (χ3v) is 7.73. The molecule has 196 valence electrons. The molecule has 0 unspecified atom stereocenters. The molecule has 37 heavy (non-hydrogen) atoms. The van der Waals surface area contributed by atoms with E-state index in [-0.39, 0.29) is 18.4 Å². The Balaban J connectivity index is 1.91. The zero-order valence-electron chi connectivity index (χ0n) is 22.2. The van der Waals surface area contributed by atoms with Gasteiger partial charge in [-0.2, -0.15) is 0 Å². The van der Waals surface area contributed by atoms with Gasteiger partial charge in [0.1, 0.15) is 11.8 Å². The van der Waals surface area contributed by atoms with Crippen LogP contribution in [0.2, 0.25) is 0 Å². The summed E-state index contributed by atoms with van der Waals surface area (Å²) in [4.78, 5) is 28.9. The van der Waals surface area contributed by atoms with Gasteiger partial charge < -0.3 is 15.0 Å². The molecule has 0 aliphatic rings. The van der Waals surface area contributed by atoms with E-state index in [1.165, 1.54) is 0 Å². The Morgan fingerprint density at radius 2 is 1.59 bits per heavy atom. The summed E-state index contributed by atoms with van der Waals surface area (Å²) < 4.78 is 7.00. The number of nitrogens with one attached hydrogen (secondary N) is 1. The van der Waals surface area contributed by atoms with Crippen LogP contribution in [-0.2, 0) is 22.6 Å². The number of hydrogen-bond donors (Lipinski definition) is 1. The quantitative estimate of drug-likeness (QED) is 0.262. The van der Waals surface area contributed by atoms with Crippen molar-refractivity contribution >= 4 is 27.7 Å². The average Bonchev–Trinajstić information content (AvgIpc) is 2.89. The highest BCUT2D eigenvalue weighted by Gasteiger charge is 2.31. The van der Waals surface area contributed by atoms with E-state index in [0.717, 1.165) is 45.1 Å². The molecule has 0 fully saturated rings. The van der Waals surface area contributed by atoms with Crippen LogP contribution < -0.4 is 10.1 Å². The molecule has 0 aliphatic heterocycles. The lowest BCUT2D eigenvalue weighted by atomic mass is 10.0. The number of benzene rings is 3. The summed E-state index contributed by atoms with van der Waals surface area (Å²) in [6.07, 6.45) is 2.29. The molecule has 3 aromatic carbocycles. The Morgan fingerprint density at radius 1 is 0.946 bits per heavy atom. The monoisotopic (exact) mass is 564 g/mol. The van der Waals surface area contributed by atoms with Crippen molar-refractivity contribution in [3.63, 3.8) is 0 Å². The van der Waals surface area contributed by atoms with Gasteiger partial charge in [0.05, 0.1) is 0 Å². The van der Waals surface area contributed by atoms with Crippen molar-refractivity contribution in [1.82, 2.24) is 10.2 Å². The van der Waals surface area contributed by atoms with E-state index in [4.69, 9.17) is 4.74 Å². The van der Waals surface area contributed by atoms with E-state index in [1.54, 1.807) is 4.90 Å². The first-order valence-electron chi connectivity index (χ1n) is 12.8. The maximum absolute atomic E-state index is 13.7. The first kappa shape index (κ1) is 28.5. The molecule has 0 bridgehead atoms. The summed E-state index contributed by atoms with van der Waals surface area (Å²) >= 11 is 3.58. The zero-order valence-corrected chi connectivity index (χ0v) is 23.8. The lowest BCUT2D eigenvalue weighted by Gasteiger charge is -2.32. The van der Waals surface area contributed by atoms with Gasteiger partial charge in [-0.05, 0) is 67.1 Å². The van der Waals surface area contributed by atoms with Crippen LogP contribution in [0.3, 0.4) is 0 Å². The molecule has 2 amide bonds. The minimum Gasteiger partial charge on any atom is -0.484 e. The summed E-state index contributed by atoms with van der Waals surface area (Å²) in [5.74, 6) is 0.261. The molecule has 0 aliphatic carbocycles. The van der Waals surface area contributed by atoms with Gasteiger partial charge in [-0.3, -0.25) is 9.59 Å². The van der Waals surface area contributed by atoms with Gasteiger partial charge in [-0.1, -0.05) is 83.9 Å². The molecule has 0 spiro atoms. The number of carbonyl (C=O) groups is 2. The molecule has 6 heteroatoms. The van der Waals surface area contributed by atoms with Crippen molar-refractivity contribution in [3.8, 4) is 5.75 Å². The highest BCUT2D eigenvalue weighted by atomic mass is 79.9. The largest absolute Gasteiger partial charge is 0.484 e. The maximum atomic E-state index is 13.7.